The standard InChI is InChI=1S/C11H15N3/c12-11-5-1-2-7-14(11)9-10-4-3-6-13-8-10/h3-4,6,8,12H,1-2,5,7,9H2. The maximum atomic E-state index is 7.80. The van der Waals surface area contributed by atoms with Gasteiger partial charge in [0.25, 0.3) is 0 Å². The Labute approximate surface area is 84.3 Å². The molecule has 74 valence electrons. The molecule has 0 radical (unpaired) electrons. The van der Waals surface area contributed by atoms with Crippen LogP contribution in [0, 0.1) is 5.41 Å². The Bertz CT molecular complexity index is 308. The lowest BCUT2D eigenvalue weighted by atomic mass is 10.1. The van der Waals surface area contributed by atoms with Gasteiger partial charge in [0.05, 0.1) is 5.84 Å². The first-order valence-electron chi connectivity index (χ1n) is 5.07. The smallest absolute Gasteiger partial charge is 0.0960 e. The number of piperidine rings is 1. The Hall–Kier alpha value is -1.38. The quantitative estimate of drug-likeness (QED) is 0.773. The summed E-state index contributed by atoms with van der Waals surface area (Å²) in [6.07, 6.45) is 6.97. The minimum Gasteiger partial charge on any atom is -0.356 e. The van der Waals surface area contributed by atoms with E-state index in [-0.39, 0.29) is 0 Å². The van der Waals surface area contributed by atoms with E-state index >= 15 is 0 Å². The molecule has 0 aliphatic carbocycles. The van der Waals surface area contributed by atoms with Crippen LogP contribution >= 0.6 is 0 Å². The van der Waals surface area contributed by atoms with Crippen LogP contribution in [0.2, 0.25) is 0 Å². The molecule has 2 rings (SSSR count). The van der Waals surface area contributed by atoms with Crippen LogP contribution in [0.3, 0.4) is 0 Å². The SMILES string of the molecule is N=C1CCCCN1Cc1cccnc1. The zero-order chi connectivity index (χ0) is 9.80. The van der Waals surface area contributed by atoms with Crippen molar-refractivity contribution < 1.29 is 0 Å². The molecule has 0 spiro atoms. The third kappa shape index (κ3) is 2.10. The maximum absolute atomic E-state index is 7.80. The van der Waals surface area contributed by atoms with Crippen molar-refractivity contribution in [1.82, 2.24) is 9.88 Å². The minimum atomic E-state index is 0.778. The summed E-state index contributed by atoms with van der Waals surface area (Å²) >= 11 is 0. The van der Waals surface area contributed by atoms with Gasteiger partial charge in [0.2, 0.25) is 0 Å². The molecule has 1 aliphatic rings. The van der Waals surface area contributed by atoms with Crippen molar-refractivity contribution in [2.45, 2.75) is 25.8 Å². The largest absolute Gasteiger partial charge is 0.356 e. The Balaban J connectivity index is 2.00. The highest BCUT2D eigenvalue weighted by Crippen LogP contribution is 2.13. The van der Waals surface area contributed by atoms with E-state index in [4.69, 9.17) is 5.41 Å². The lowest BCUT2D eigenvalue weighted by Crippen LogP contribution is -2.34. The summed E-state index contributed by atoms with van der Waals surface area (Å²) in [6, 6.07) is 4.01. The van der Waals surface area contributed by atoms with Gasteiger partial charge in [0.1, 0.15) is 0 Å². The molecule has 1 aromatic heterocycles. The monoisotopic (exact) mass is 189 g/mol. The predicted molar refractivity (Wildman–Crippen MR) is 56.2 cm³/mol. The first-order valence-corrected chi connectivity index (χ1v) is 5.07. The van der Waals surface area contributed by atoms with Gasteiger partial charge < -0.3 is 4.90 Å². The number of aromatic nitrogens is 1. The minimum absolute atomic E-state index is 0.778. The van der Waals surface area contributed by atoms with Gasteiger partial charge in [-0.2, -0.15) is 0 Å². The number of hydrogen-bond donors (Lipinski definition) is 1. The van der Waals surface area contributed by atoms with Crippen molar-refractivity contribution in [2.75, 3.05) is 6.54 Å². The van der Waals surface area contributed by atoms with Crippen LogP contribution in [-0.4, -0.2) is 22.3 Å². The van der Waals surface area contributed by atoms with Crippen LogP contribution in [0.4, 0.5) is 0 Å². The first-order chi connectivity index (χ1) is 6.86. The van der Waals surface area contributed by atoms with Crippen LogP contribution < -0.4 is 0 Å². The molecular weight excluding hydrogens is 174 g/mol. The summed E-state index contributed by atoms with van der Waals surface area (Å²) in [5, 5.41) is 7.80. The molecule has 1 saturated heterocycles. The highest BCUT2D eigenvalue weighted by Gasteiger charge is 2.14. The third-order valence-electron chi connectivity index (χ3n) is 2.57. The maximum Gasteiger partial charge on any atom is 0.0960 e. The van der Waals surface area contributed by atoms with Gasteiger partial charge in [-0.3, -0.25) is 10.4 Å². The molecule has 2 heterocycles. The number of amidine groups is 1. The fourth-order valence-corrected chi connectivity index (χ4v) is 1.77. The Morgan fingerprint density at radius 1 is 1.43 bits per heavy atom. The molecule has 1 N–H and O–H groups in total. The second-order valence-electron chi connectivity index (χ2n) is 3.69. The molecule has 3 nitrogen and oxygen atoms in total. The second-order valence-corrected chi connectivity index (χ2v) is 3.69. The number of pyridine rings is 1. The van der Waals surface area contributed by atoms with Crippen molar-refractivity contribution in [3.05, 3.63) is 30.1 Å². The van der Waals surface area contributed by atoms with Crippen molar-refractivity contribution in [1.29, 1.82) is 5.41 Å². The van der Waals surface area contributed by atoms with E-state index in [1.165, 1.54) is 18.4 Å². The van der Waals surface area contributed by atoms with Gasteiger partial charge in [0.15, 0.2) is 0 Å². The zero-order valence-electron chi connectivity index (χ0n) is 8.24. The van der Waals surface area contributed by atoms with Crippen molar-refractivity contribution in [3.63, 3.8) is 0 Å². The number of hydrogen-bond acceptors (Lipinski definition) is 2. The molecule has 0 saturated carbocycles. The number of rotatable bonds is 2. The van der Waals surface area contributed by atoms with Crippen LogP contribution in [0.5, 0.6) is 0 Å². The fourth-order valence-electron chi connectivity index (χ4n) is 1.77. The number of likely N-dealkylation sites (tertiary alicyclic amines) is 1. The summed E-state index contributed by atoms with van der Waals surface area (Å²) in [7, 11) is 0. The molecule has 0 amide bonds. The molecule has 0 bridgehead atoms. The van der Waals surface area contributed by atoms with E-state index in [0.717, 1.165) is 25.3 Å². The summed E-state index contributed by atoms with van der Waals surface area (Å²) in [6.45, 7) is 1.86. The zero-order valence-corrected chi connectivity index (χ0v) is 8.24. The normalized spacial score (nSPS) is 17.1. The molecule has 0 unspecified atom stereocenters. The van der Waals surface area contributed by atoms with Crippen molar-refractivity contribution >= 4 is 5.84 Å². The van der Waals surface area contributed by atoms with Crippen molar-refractivity contribution in [3.8, 4) is 0 Å². The van der Waals surface area contributed by atoms with Gasteiger partial charge in [-0.05, 0) is 24.5 Å². The topological polar surface area (TPSA) is 40.0 Å². The molecule has 14 heavy (non-hydrogen) atoms. The summed E-state index contributed by atoms with van der Waals surface area (Å²) < 4.78 is 0. The van der Waals surface area contributed by atoms with Crippen LogP contribution in [-0.2, 0) is 6.54 Å². The molecule has 1 aromatic rings. The molecule has 1 fully saturated rings. The Morgan fingerprint density at radius 2 is 2.36 bits per heavy atom. The molecule has 0 atom stereocenters. The second kappa shape index (κ2) is 4.22. The highest BCUT2D eigenvalue weighted by molar-refractivity contribution is 5.79. The summed E-state index contributed by atoms with van der Waals surface area (Å²) in [5.74, 6) is 0.778. The van der Waals surface area contributed by atoms with E-state index in [9.17, 15) is 0 Å². The van der Waals surface area contributed by atoms with Gasteiger partial charge in [-0.1, -0.05) is 6.07 Å². The van der Waals surface area contributed by atoms with Gasteiger partial charge >= 0.3 is 0 Å². The average Bonchev–Trinajstić information content (AvgIpc) is 2.23. The van der Waals surface area contributed by atoms with E-state index in [1.54, 1.807) is 6.20 Å². The van der Waals surface area contributed by atoms with E-state index in [0.29, 0.717) is 0 Å². The summed E-state index contributed by atoms with van der Waals surface area (Å²) in [4.78, 5) is 6.22. The lowest BCUT2D eigenvalue weighted by Gasteiger charge is -2.29. The van der Waals surface area contributed by atoms with Crippen LogP contribution in [0.15, 0.2) is 24.5 Å². The molecule has 0 aromatic carbocycles. The number of nitrogens with one attached hydrogen (secondary N) is 1. The van der Waals surface area contributed by atoms with Gasteiger partial charge in [-0.25, -0.2) is 0 Å². The lowest BCUT2D eigenvalue weighted by molar-refractivity contribution is 0.361. The van der Waals surface area contributed by atoms with Gasteiger partial charge in [-0.15, -0.1) is 0 Å². The van der Waals surface area contributed by atoms with E-state index in [1.807, 2.05) is 12.3 Å². The highest BCUT2D eigenvalue weighted by atomic mass is 15.2. The van der Waals surface area contributed by atoms with E-state index in [2.05, 4.69) is 16.0 Å². The number of nitrogens with zero attached hydrogens (tertiary/aromatic N) is 2. The molecule has 3 heteroatoms. The average molecular weight is 189 g/mol. The predicted octanol–water partition coefficient (Wildman–Crippen LogP) is 2.04. The van der Waals surface area contributed by atoms with Crippen LogP contribution in [0.25, 0.3) is 0 Å². The Kier molecular flexibility index (Phi) is 2.77. The Morgan fingerprint density at radius 3 is 3.07 bits per heavy atom. The fraction of sp³-hybridized carbons (Fsp3) is 0.455. The van der Waals surface area contributed by atoms with Crippen LogP contribution in [0.1, 0.15) is 24.8 Å². The summed E-state index contributed by atoms with van der Waals surface area (Å²) in [5.41, 5.74) is 1.19. The molecule has 1 aliphatic heterocycles. The van der Waals surface area contributed by atoms with Crippen molar-refractivity contribution in [2.24, 2.45) is 0 Å². The molecular formula is C11H15N3. The van der Waals surface area contributed by atoms with E-state index < -0.39 is 0 Å². The first kappa shape index (κ1) is 9.19. The third-order valence-corrected chi connectivity index (χ3v) is 2.57. The van der Waals surface area contributed by atoms with Gasteiger partial charge in [0, 0.05) is 31.9 Å².